The number of nitrogens with two attached hydrogens (primary N) is 1. The topological polar surface area (TPSA) is 81.1 Å². The fraction of sp³-hybridized carbons (Fsp3) is 0.167. The van der Waals surface area contributed by atoms with Gasteiger partial charge in [0, 0.05) is 11.9 Å². The van der Waals surface area contributed by atoms with Gasteiger partial charge in [-0.15, -0.1) is 0 Å². The Hall–Kier alpha value is -2.51. The molecular weight excluding hydrogens is 275 g/mol. The number of anilines is 1. The van der Waals surface area contributed by atoms with Crippen molar-refractivity contribution in [3.05, 3.63) is 41.2 Å². The van der Waals surface area contributed by atoms with Crippen LogP contribution in [0.4, 0.5) is 18.9 Å². The number of benzene rings is 1. The molecule has 5 nitrogen and oxygen atoms in total. The number of carboxylic acids is 1. The molecule has 0 fully saturated rings. The summed E-state index contributed by atoms with van der Waals surface area (Å²) >= 11 is 0. The number of aryl methyl sites for hydroxylation is 1. The molecule has 0 bridgehead atoms. The molecule has 1 aromatic carbocycles. The standard InChI is InChI=1S/C12H10F3N3O2/c1-6-2-8(3-9(10(6)16)11(19)20)18-5-7(4-17-18)12(13,14)15/h2-5H,16H2,1H3,(H,19,20). The van der Waals surface area contributed by atoms with E-state index in [1.54, 1.807) is 6.92 Å². The minimum Gasteiger partial charge on any atom is -0.478 e. The summed E-state index contributed by atoms with van der Waals surface area (Å²) in [4.78, 5) is 11.0. The lowest BCUT2D eigenvalue weighted by molar-refractivity contribution is -0.137. The van der Waals surface area contributed by atoms with Gasteiger partial charge in [-0.1, -0.05) is 0 Å². The molecular formula is C12H10F3N3O2. The second kappa shape index (κ2) is 4.55. The number of nitrogen functional groups attached to an aromatic ring is 1. The van der Waals surface area contributed by atoms with Crippen LogP contribution in [0.15, 0.2) is 24.5 Å². The lowest BCUT2D eigenvalue weighted by atomic mass is 10.1. The van der Waals surface area contributed by atoms with E-state index in [0.717, 1.165) is 10.9 Å². The maximum Gasteiger partial charge on any atom is 0.419 e. The molecule has 0 saturated carbocycles. The van der Waals surface area contributed by atoms with Gasteiger partial charge >= 0.3 is 12.1 Å². The number of carbonyl (C=O) groups is 1. The normalized spacial score (nSPS) is 11.6. The fourth-order valence-corrected chi connectivity index (χ4v) is 1.70. The summed E-state index contributed by atoms with van der Waals surface area (Å²) in [6.45, 7) is 1.57. The number of hydrogen-bond donors (Lipinski definition) is 2. The summed E-state index contributed by atoms with van der Waals surface area (Å²) in [6.07, 6.45) is -3.04. The first-order valence-electron chi connectivity index (χ1n) is 5.46. The molecule has 3 N–H and O–H groups in total. The highest BCUT2D eigenvalue weighted by atomic mass is 19.4. The summed E-state index contributed by atoms with van der Waals surface area (Å²) in [7, 11) is 0. The molecule has 106 valence electrons. The summed E-state index contributed by atoms with van der Waals surface area (Å²) in [5.41, 5.74) is 5.24. The summed E-state index contributed by atoms with van der Waals surface area (Å²) in [5, 5.41) is 12.6. The van der Waals surface area contributed by atoms with E-state index >= 15 is 0 Å². The molecule has 2 aromatic rings. The molecule has 0 unspecified atom stereocenters. The third-order valence-electron chi connectivity index (χ3n) is 2.78. The fourth-order valence-electron chi connectivity index (χ4n) is 1.70. The van der Waals surface area contributed by atoms with Gasteiger partial charge in [0.1, 0.15) is 0 Å². The van der Waals surface area contributed by atoms with Crippen LogP contribution in [-0.2, 0) is 6.18 Å². The third kappa shape index (κ3) is 2.44. The molecule has 0 saturated heterocycles. The number of hydrogen-bond acceptors (Lipinski definition) is 3. The minimum atomic E-state index is -4.50. The van der Waals surface area contributed by atoms with Crippen LogP contribution in [0.2, 0.25) is 0 Å². The van der Waals surface area contributed by atoms with Gasteiger partial charge < -0.3 is 10.8 Å². The van der Waals surface area contributed by atoms with Crippen LogP contribution in [0.25, 0.3) is 5.69 Å². The van der Waals surface area contributed by atoms with Crippen molar-refractivity contribution >= 4 is 11.7 Å². The zero-order valence-electron chi connectivity index (χ0n) is 10.3. The highest BCUT2D eigenvalue weighted by Crippen LogP contribution is 2.30. The first kappa shape index (κ1) is 13.9. The summed E-state index contributed by atoms with van der Waals surface area (Å²) < 4.78 is 38.5. The second-order valence-electron chi connectivity index (χ2n) is 4.20. The van der Waals surface area contributed by atoms with Crippen molar-refractivity contribution in [2.24, 2.45) is 0 Å². The van der Waals surface area contributed by atoms with Crippen LogP contribution >= 0.6 is 0 Å². The maximum absolute atomic E-state index is 12.5. The minimum absolute atomic E-state index is 0.0736. The molecule has 20 heavy (non-hydrogen) atoms. The van der Waals surface area contributed by atoms with Gasteiger partial charge in [0.05, 0.1) is 23.0 Å². The Bertz CT molecular complexity index is 677. The van der Waals surface area contributed by atoms with Crippen LogP contribution in [0.3, 0.4) is 0 Å². The van der Waals surface area contributed by atoms with E-state index in [9.17, 15) is 18.0 Å². The van der Waals surface area contributed by atoms with E-state index in [0.29, 0.717) is 11.8 Å². The van der Waals surface area contributed by atoms with E-state index in [4.69, 9.17) is 10.8 Å². The predicted octanol–water partition coefficient (Wildman–Crippen LogP) is 2.48. The predicted molar refractivity (Wildman–Crippen MR) is 64.7 cm³/mol. The quantitative estimate of drug-likeness (QED) is 0.830. The highest BCUT2D eigenvalue weighted by molar-refractivity contribution is 5.95. The van der Waals surface area contributed by atoms with Crippen molar-refractivity contribution in [1.29, 1.82) is 0 Å². The number of carboxylic acid groups (broad SMARTS) is 1. The molecule has 1 aromatic heterocycles. The zero-order chi connectivity index (χ0) is 15.1. The SMILES string of the molecule is Cc1cc(-n2cc(C(F)(F)F)cn2)cc(C(=O)O)c1N. The maximum atomic E-state index is 12.5. The first-order chi connectivity index (χ1) is 9.20. The van der Waals surface area contributed by atoms with Crippen LogP contribution in [0.1, 0.15) is 21.5 Å². The van der Waals surface area contributed by atoms with E-state index in [-0.39, 0.29) is 16.9 Å². The zero-order valence-corrected chi connectivity index (χ0v) is 10.3. The Morgan fingerprint density at radius 1 is 1.40 bits per heavy atom. The number of halogens is 3. The van der Waals surface area contributed by atoms with Gasteiger partial charge in [-0.05, 0) is 24.6 Å². The number of nitrogens with zero attached hydrogens (tertiary/aromatic N) is 2. The highest BCUT2D eigenvalue weighted by Gasteiger charge is 2.32. The Morgan fingerprint density at radius 2 is 2.05 bits per heavy atom. The first-order valence-corrected chi connectivity index (χ1v) is 5.46. The van der Waals surface area contributed by atoms with Crippen molar-refractivity contribution in [2.75, 3.05) is 5.73 Å². The Labute approximate surface area is 111 Å². The van der Waals surface area contributed by atoms with E-state index in [1.165, 1.54) is 12.1 Å². The van der Waals surface area contributed by atoms with E-state index in [2.05, 4.69) is 5.10 Å². The summed E-state index contributed by atoms with van der Waals surface area (Å²) in [6, 6.07) is 2.65. The molecule has 1 heterocycles. The number of aromatic nitrogens is 2. The number of rotatable bonds is 2. The Balaban J connectivity index is 2.53. The van der Waals surface area contributed by atoms with Gasteiger partial charge in [0.25, 0.3) is 0 Å². The lowest BCUT2D eigenvalue weighted by Gasteiger charge is -2.09. The third-order valence-corrected chi connectivity index (χ3v) is 2.78. The number of aromatic carboxylic acids is 1. The molecule has 0 aliphatic heterocycles. The Kier molecular flexibility index (Phi) is 3.16. The van der Waals surface area contributed by atoms with Crippen molar-refractivity contribution in [1.82, 2.24) is 9.78 Å². The second-order valence-corrected chi connectivity index (χ2v) is 4.20. The largest absolute Gasteiger partial charge is 0.478 e. The van der Waals surface area contributed by atoms with Gasteiger partial charge in [0.15, 0.2) is 0 Å². The lowest BCUT2D eigenvalue weighted by Crippen LogP contribution is -2.07. The molecule has 0 atom stereocenters. The Morgan fingerprint density at radius 3 is 2.55 bits per heavy atom. The van der Waals surface area contributed by atoms with Gasteiger partial charge in [-0.3, -0.25) is 0 Å². The van der Waals surface area contributed by atoms with Gasteiger partial charge in [-0.2, -0.15) is 18.3 Å². The van der Waals surface area contributed by atoms with Crippen LogP contribution in [-0.4, -0.2) is 20.9 Å². The van der Waals surface area contributed by atoms with Crippen LogP contribution in [0, 0.1) is 6.92 Å². The molecule has 0 amide bonds. The molecule has 8 heteroatoms. The average molecular weight is 285 g/mol. The van der Waals surface area contributed by atoms with Crippen molar-refractivity contribution < 1.29 is 23.1 Å². The molecule has 0 aliphatic rings. The van der Waals surface area contributed by atoms with Crippen molar-refractivity contribution in [2.45, 2.75) is 13.1 Å². The van der Waals surface area contributed by atoms with Gasteiger partial charge in [0.2, 0.25) is 0 Å². The van der Waals surface area contributed by atoms with Crippen molar-refractivity contribution in [3.63, 3.8) is 0 Å². The molecule has 0 radical (unpaired) electrons. The number of alkyl halides is 3. The summed E-state index contributed by atoms with van der Waals surface area (Å²) in [5.74, 6) is -1.25. The van der Waals surface area contributed by atoms with Gasteiger partial charge in [-0.25, -0.2) is 9.48 Å². The van der Waals surface area contributed by atoms with Crippen LogP contribution in [0.5, 0.6) is 0 Å². The van der Waals surface area contributed by atoms with Crippen molar-refractivity contribution in [3.8, 4) is 5.69 Å². The van der Waals surface area contributed by atoms with E-state index < -0.39 is 17.7 Å². The smallest absolute Gasteiger partial charge is 0.419 e. The average Bonchev–Trinajstić information content (AvgIpc) is 2.81. The molecule has 0 spiro atoms. The monoisotopic (exact) mass is 285 g/mol. The molecule has 0 aliphatic carbocycles. The van der Waals surface area contributed by atoms with Crippen LogP contribution < -0.4 is 5.73 Å². The van der Waals surface area contributed by atoms with E-state index in [1.807, 2.05) is 0 Å². The molecule has 2 rings (SSSR count).